The van der Waals surface area contributed by atoms with Gasteiger partial charge in [-0.15, -0.1) is 5.10 Å². The van der Waals surface area contributed by atoms with Crippen LogP contribution in [0, 0.1) is 10.1 Å². The highest BCUT2D eigenvalue weighted by atomic mass is 16.6. The van der Waals surface area contributed by atoms with Crippen molar-refractivity contribution in [3.8, 4) is 16.9 Å². The van der Waals surface area contributed by atoms with Gasteiger partial charge < -0.3 is 5.73 Å². The van der Waals surface area contributed by atoms with Crippen molar-refractivity contribution in [1.82, 2.24) is 20.0 Å². The van der Waals surface area contributed by atoms with Crippen molar-refractivity contribution in [2.75, 3.05) is 0 Å². The standard InChI is InChI=1S/C14H12N6O2/c15-9-13-14(10-4-6-16-7-5-10)19(18-17-13)11-2-1-3-12(8-11)20(21)22/h1-8H,9,15H2. The number of benzene rings is 1. The number of non-ortho nitro benzene ring substituents is 1. The van der Waals surface area contributed by atoms with Gasteiger partial charge in [0.15, 0.2) is 0 Å². The molecule has 0 amide bonds. The van der Waals surface area contributed by atoms with Gasteiger partial charge in [0.1, 0.15) is 5.69 Å². The first kappa shape index (κ1) is 13.8. The number of nitro groups is 1. The molecule has 8 nitrogen and oxygen atoms in total. The van der Waals surface area contributed by atoms with Gasteiger partial charge in [-0.05, 0) is 18.2 Å². The van der Waals surface area contributed by atoms with Crippen LogP contribution in [0.5, 0.6) is 0 Å². The molecular weight excluding hydrogens is 284 g/mol. The van der Waals surface area contributed by atoms with Crippen LogP contribution in [-0.4, -0.2) is 24.9 Å². The lowest BCUT2D eigenvalue weighted by Gasteiger charge is -2.07. The average Bonchev–Trinajstić information content (AvgIpc) is 2.99. The van der Waals surface area contributed by atoms with E-state index in [2.05, 4.69) is 15.3 Å². The molecule has 2 heterocycles. The molecule has 0 unspecified atom stereocenters. The normalized spacial score (nSPS) is 10.6. The molecule has 0 aliphatic heterocycles. The molecule has 110 valence electrons. The number of hydrogen-bond acceptors (Lipinski definition) is 6. The lowest BCUT2D eigenvalue weighted by molar-refractivity contribution is -0.384. The van der Waals surface area contributed by atoms with E-state index in [1.54, 1.807) is 29.2 Å². The van der Waals surface area contributed by atoms with Crippen molar-refractivity contribution in [3.05, 3.63) is 64.6 Å². The van der Waals surface area contributed by atoms with Gasteiger partial charge in [-0.3, -0.25) is 15.1 Å². The van der Waals surface area contributed by atoms with Crippen LogP contribution in [0.15, 0.2) is 48.8 Å². The molecule has 0 atom stereocenters. The maximum atomic E-state index is 10.9. The Hall–Kier alpha value is -3.13. The van der Waals surface area contributed by atoms with Gasteiger partial charge in [0, 0.05) is 36.6 Å². The zero-order valence-electron chi connectivity index (χ0n) is 11.5. The predicted molar refractivity (Wildman–Crippen MR) is 79.1 cm³/mol. The van der Waals surface area contributed by atoms with Crippen LogP contribution in [0.1, 0.15) is 5.69 Å². The van der Waals surface area contributed by atoms with Gasteiger partial charge in [-0.1, -0.05) is 11.3 Å². The molecule has 0 aliphatic rings. The van der Waals surface area contributed by atoms with Crippen molar-refractivity contribution < 1.29 is 4.92 Å². The third kappa shape index (κ3) is 2.42. The minimum absolute atomic E-state index is 0.0111. The Labute approximate surface area is 125 Å². The lowest BCUT2D eigenvalue weighted by atomic mass is 10.1. The summed E-state index contributed by atoms with van der Waals surface area (Å²) >= 11 is 0. The fraction of sp³-hybridized carbons (Fsp3) is 0.0714. The number of aromatic nitrogens is 4. The molecule has 0 bridgehead atoms. The molecule has 0 saturated carbocycles. The fourth-order valence-electron chi connectivity index (χ4n) is 2.17. The van der Waals surface area contributed by atoms with Crippen molar-refractivity contribution in [3.63, 3.8) is 0 Å². The second kappa shape index (κ2) is 5.70. The van der Waals surface area contributed by atoms with Crippen LogP contribution in [0.25, 0.3) is 16.9 Å². The van der Waals surface area contributed by atoms with Crippen LogP contribution in [0.2, 0.25) is 0 Å². The molecule has 22 heavy (non-hydrogen) atoms. The predicted octanol–water partition coefficient (Wildman–Crippen LogP) is 1.70. The van der Waals surface area contributed by atoms with E-state index in [1.165, 1.54) is 12.1 Å². The fourth-order valence-corrected chi connectivity index (χ4v) is 2.17. The zero-order valence-corrected chi connectivity index (χ0v) is 11.5. The molecule has 0 fully saturated rings. The van der Waals surface area contributed by atoms with Crippen LogP contribution < -0.4 is 5.73 Å². The Morgan fingerprint density at radius 2 is 2.00 bits per heavy atom. The van der Waals surface area contributed by atoms with Gasteiger partial charge >= 0.3 is 0 Å². The molecule has 2 N–H and O–H groups in total. The number of nitro benzene ring substituents is 1. The van der Waals surface area contributed by atoms with E-state index >= 15 is 0 Å². The molecule has 0 radical (unpaired) electrons. The van der Waals surface area contributed by atoms with Gasteiger partial charge in [-0.2, -0.15) is 0 Å². The van der Waals surface area contributed by atoms with Crippen LogP contribution >= 0.6 is 0 Å². The van der Waals surface area contributed by atoms with E-state index in [9.17, 15) is 10.1 Å². The molecular formula is C14H12N6O2. The topological polar surface area (TPSA) is 113 Å². The minimum atomic E-state index is -0.448. The van der Waals surface area contributed by atoms with E-state index in [1.807, 2.05) is 12.1 Å². The maximum Gasteiger partial charge on any atom is 0.271 e. The van der Waals surface area contributed by atoms with E-state index in [0.717, 1.165) is 5.56 Å². The van der Waals surface area contributed by atoms with Gasteiger partial charge in [0.25, 0.3) is 5.69 Å². The van der Waals surface area contributed by atoms with E-state index in [0.29, 0.717) is 17.1 Å². The number of nitrogens with two attached hydrogens (primary N) is 1. The van der Waals surface area contributed by atoms with E-state index in [-0.39, 0.29) is 12.2 Å². The second-order valence-electron chi connectivity index (χ2n) is 4.51. The molecule has 0 spiro atoms. The molecule has 8 heteroatoms. The Balaban J connectivity index is 2.18. The lowest BCUT2D eigenvalue weighted by Crippen LogP contribution is -2.03. The first-order valence-corrected chi connectivity index (χ1v) is 6.50. The first-order valence-electron chi connectivity index (χ1n) is 6.50. The second-order valence-corrected chi connectivity index (χ2v) is 4.51. The molecule has 3 aromatic rings. The van der Waals surface area contributed by atoms with Crippen molar-refractivity contribution in [1.29, 1.82) is 0 Å². The van der Waals surface area contributed by atoms with E-state index in [4.69, 9.17) is 5.73 Å². The highest BCUT2D eigenvalue weighted by molar-refractivity contribution is 5.64. The Kier molecular flexibility index (Phi) is 3.58. The monoisotopic (exact) mass is 296 g/mol. The number of rotatable bonds is 4. The third-order valence-corrected chi connectivity index (χ3v) is 3.17. The Morgan fingerprint density at radius 1 is 1.23 bits per heavy atom. The van der Waals surface area contributed by atoms with Gasteiger partial charge in [0.05, 0.1) is 16.3 Å². The molecule has 3 rings (SSSR count). The van der Waals surface area contributed by atoms with Gasteiger partial charge in [-0.25, -0.2) is 4.68 Å². The number of pyridine rings is 1. The summed E-state index contributed by atoms with van der Waals surface area (Å²) in [6, 6.07) is 9.83. The Bertz CT molecular complexity index is 815. The third-order valence-electron chi connectivity index (χ3n) is 3.17. The summed E-state index contributed by atoms with van der Waals surface area (Å²) in [6.07, 6.45) is 3.31. The summed E-state index contributed by atoms with van der Waals surface area (Å²) in [6.45, 7) is 0.215. The van der Waals surface area contributed by atoms with Crippen LogP contribution in [-0.2, 0) is 6.54 Å². The average molecular weight is 296 g/mol. The van der Waals surface area contributed by atoms with E-state index < -0.39 is 4.92 Å². The number of hydrogen-bond donors (Lipinski definition) is 1. The van der Waals surface area contributed by atoms with Crippen molar-refractivity contribution in [2.45, 2.75) is 6.54 Å². The first-order chi connectivity index (χ1) is 10.7. The summed E-state index contributed by atoms with van der Waals surface area (Å²) in [5.41, 5.74) is 8.40. The smallest absolute Gasteiger partial charge is 0.271 e. The quantitative estimate of drug-likeness (QED) is 0.579. The summed E-state index contributed by atoms with van der Waals surface area (Å²) in [4.78, 5) is 14.5. The van der Waals surface area contributed by atoms with Gasteiger partial charge in [0.2, 0.25) is 0 Å². The van der Waals surface area contributed by atoms with Crippen LogP contribution in [0.3, 0.4) is 0 Å². The molecule has 2 aromatic heterocycles. The van der Waals surface area contributed by atoms with Crippen molar-refractivity contribution >= 4 is 5.69 Å². The molecule has 0 saturated heterocycles. The van der Waals surface area contributed by atoms with Crippen molar-refractivity contribution in [2.24, 2.45) is 5.73 Å². The van der Waals surface area contributed by atoms with Crippen LogP contribution in [0.4, 0.5) is 5.69 Å². The summed E-state index contributed by atoms with van der Waals surface area (Å²) in [5, 5.41) is 19.1. The Morgan fingerprint density at radius 3 is 2.68 bits per heavy atom. The summed E-state index contributed by atoms with van der Waals surface area (Å²) < 4.78 is 1.55. The minimum Gasteiger partial charge on any atom is -0.325 e. The summed E-state index contributed by atoms with van der Waals surface area (Å²) in [5.74, 6) is 0. The zero-order chi connectivity index (χ0) is 15.5. The summed E-state index contributed by atoms with van der Waals surface area (Å²) in [7, 11) is 0. The highest BCUT2D eigenvalue weighted by Gasteiger charge is 2.16. The molecule has 1 aromatic carbocycles. The highest BCUT2D eigenvalue weighted by Crippen LogP contribution is 2.26. The molecule has 0 aliphatic carbocycles. The maximum absolute atomic E-state index is 10.9. The SMILES string of the molecule is NCc1nnn(-c2cccc([N+](=O)[O-])c2)c1-c1ccncc1. The number of nitrogens with zero attached hydrogens (tertiary/aromatic N) is 5. The largest absolute Gasteiger partial charge is 0.325 e.